The van der Waals surface area contributed by atoms with Gasteiger partial charge in [0.1, 0.15) is 5.00 Å². The molecule has 1 amide bonds. The van der Waals surface area contributed by atoms with Crippen molar-refractivity contribution in [1.29, 1.82) is 0 Å². The standard InChI is InChI=1S/C22H13Cl2NO2S/c23-16-11-10-14(12-17(16)24)19-20(26)15-8-4-5-9-18(15)28-22(19)25-21(27)13-6-2-1-3-7-13/h1-12H,(H,25,27). The van der Waals surface area contributed by atoms with Crippen LogP contribution in [0.1, 0.15) is 10.4 Å². The molecule has 1 aromatic heterocycles. The van der Waals surface area contributed by atoms with E-state index in [1.807, 2.05) is 24.3 Å². The number of amides is 1. The van der Waals surface area contributed by atoms with Gasteiger partial charge in [0.25, 0.3) is 5.91 Å². The number of hydrogen-bond acceptors (Lipinski definition) is 3. The number of anilines is 1. The van der Waals surface area contributed by atoms with Crippen LogP contribution in [0.2, 0.25) is 10.0 Å². The molecule has 4 aromatic rings. The summed E-state index contributed by atoms with van der Waals surface area (Å²) in [5.74, 6) is -0.284. The van der Waals surface area contributed by atoms with Crippen LogP contribution in [0.15, 0.2) is 77.6 Å². The zero-order chi connectivity index (χ0) is 19.7. The first-order valence-electron chi connectivity index (χ1n) is 8.42. The minimum atomic E-state index is -0.284. The summed E-state index contributed by atoms with van der Waals surface area (Å²) in [6.45, 7) is 0. The van der Waals surface area contributed by atoms with E-state index in [1.165, 1.54) is 11.3 Å². The Bertz CT molecular complexity index is 1250. The van der Waals surface area contributed by atoms with E-state index in [-0.39, 0.29) is 11.3 Å². The summed E-state index contributed by atoms with van der Waals surface area (Å²) in [7, 11) is 0. The van der Waals surface area contributed by atoms with Gasteiger partial charge in [-0.25, -0.2) is 0 Å². The van der Waals surface area contributed by atoms with E-state index in [9.17, 15) is 9.59 Å². The van der Waals surface area contributed by atoms with Gasteiger partial charge < -0.3 is 5.32 Å². The fourth-order valence-electron chi connectivity index (χ4n) is 2.91. The molecule has 0 aliphatic heterocycles. The van der Waals surface area contributed by atoms with Gasteiger partial charge in [0.15, 0.2) is 5.43 Å². The zero-order valence-corrected chi connectivity index (χ0v) is 16.7. The van der Waals surface area contributed by atoms with Gasteiger partial charge in [0.05, 0.1) is 15.6 Å². The molecule has 0 aliphatic carbocycles. The van der Waals surface area contributed by atoms with Crippen LogP contribution in [-0.2, 0) is 0 Å². The molecule has 138 valence electrons. The number of nitrogens with one attached hydrogen (secondary N) is 1. The Kier molecular flexibility index (Phi) is 5.18. The first-order chi connectivity index (χ1) is 13.5. The first-order valence-corrected chi connectivity index (χ1v) is 9.99. The molecule has 1 N–H and O–H groups in total. The van der Waals surface area contributed by atoms with E-state index in [4.69, 9.17) is 23.2 Å². The van der Waals surface area contributed by atoms with Crippen LogP contribution in [0, 0.1) is 0 Å². The molecule has 0 radical (unpaired) electrons. The third kappa shape index (κ3) is 3.54. The molecule has 0 spiro atoms. The van der Waals surface area contributed by atoms with E-state index < -0.39 is 0 Å². The second-order valence-electron chi connectivity index (χ2n) is 6.08. The number of carbonyl (C=O) groups excluding carboxylic acids is 1. The largest absolute Gasteiger partial charge is 0.313 e. The van der Waals surface area contributed by atoms with E-state index in [1.54, 1.807) is 48.5 Å². The summed E-state index contributed by atoms with van der Waals surface area (Å²) in [6, 6.07) is 21.2. The normalized spacial score (nSPS) is 10.8. The Morgan fingerprint density at radius 1 is 0.857 bits per heavy atom. The number of fused-ring (bicyclic) bond motifs is 1. The highest BCUT2D eigenvalue weighted by molar-refractivity contribution is 7.22. The van der Waals surface area contributed by atoms with Crippen molar-refractivity contribution in [2.45, 2.75) is 0 Å². The smallest absolute Gasteiger partial charge is 0.256 e. The van der Waals surface area contributed by atoms with Gasteiger partial charge in [-0.1, -0.05) is 59.6 Å². The van der Waals surface area contributed by atoms with Crippen molar-refractivity contribution in [3.05, 3.63) is 98.6 Å². The number of carbonyl (C=O) groups is 1. The lowest BCUT2D eigenvalue weighted by Crippen LogP contribution is -2.15. The van der Waals surface area contributed by atoms with Gasteiger partial charge in [-0.15, -0.1) is 11.3 Å². The summed E-state index contributed by atoms with van der Waals surface area (Å²) >= 11 is 13.5. The van der Waals surface area contributed by atoms with Crippen LogP contribution in [0.25, 0.3) is 21.2 Å². The lowest BCUT2D eigenvalue weighted by molar-refractivity contribution is 0.102. The molecule has 0 atom stereocenters. The molecule has 3 nitrogen and oxygen atoms in total. The molecule has 4 rings (SSSR count). The van der Waals surface area contributed by atoms with E-state index >= 15 is 0 Å². The highest BCUT2D eigenvalue weighted by atomic mass is 35.5. The number of rotatable bonds is 3. The first kappa shape index (κ1) is 18.7. The lowest BCUT2D eigenvalue weighted by Gasteiger charge is -2.12. The van der Waals surface area contributed by atoms with Gasteiger partial charge in [0.2, 0.25) is 0 Å². The molecule has 1 heterocycles. The quantitative estimate of drug-likeness (QED) is 0.407. The van der Waals surface area contributed by atoms with Crippen LogP contribution < -0.4 is 10.7 Å². The zero-order valence-electron chi connectivity index (χ0n) is 14.4. The molecule has 28 heavy (non-hydrogen) atoms. The molecular weight excluding hydrogens is 413 g/mol. The number of hydrogen-bond donors (Lipinski definition) is 1. The molecule has 6 heteroatoms. The third-order valence-electron chi connectivity index (χ3n) is 4.27. The van der Waals surface area contributed by atoms with Crippen LogP contribution in [-0.4, -0.2) is 5.91 Å². The highest BCUT2D eigenvalue weighted by Gasteiger charge is 2.18. The maximum absolute atomic E-state index is 13.2. The Labute approximate surface area is 175 Å². The van der Waals surface area contributed by atoms with Gasteiger partial charge in [-0.05, 0) is 42.0 Å². The summed E-state index contributed by atoms with van der Waals surface area (Å²) in [5, 5.41) is 4.70. The Hall–Kier alpha value is -2.66. The molecule has 0 saturated carbocycles. The van der Waals surface area contributed by atoms with Crippen molar-refractivity contribution in [1.82, 2.24) is 0 Å². The van der Waals surface area contributed by atoms with Crippen LogP contribution >= 0.6 is 34.5 Å². The molecule has 0 aliphatic rings. The molecule has 0 bridgehead atoms. The SMILES string of the molecule is O=C(Nc1sc2ccccc2c(=O)c1-c1ccc(Cl)c(Cl)c1)c1ccccc1. The van der Waals surface area contributed by atoms with E-state index in [0.29, 0.717) is 37.1 Å². The maximum Gasteiger partial charge on any atom is 0.256 e. The molecule has 0 fully saturated rings. The van der Waals surface area contributed by atoms with Gasteiger partial charge in [-0.3, -0.25) is 9.59 Å². The molecule has 0 saturated heterocycles. The second-order valence-corrected chi connectivity index (χ2v) is 7.95. The van der Waals surface area contributed by atoms with Crippen LogP contribution in [0.3, 0.4) is 0 Å². The highest BCUT2D eigenvalue weighted by Crippen LogP contribution is 2.36. The monoisotopic (exact) mass is 425 g/mol. The summed E-state index contributed by atoms with van der Waals surface area (Å²) in [5.41, 5.74) is 1.34. The minimum Gasteiger partial charge on any atom is -0.313 e. The van der Waals surface area contributed by atoms with Crippen molar-refractivity contribution in [3.8, 4) is 11.1 Å². The Morgan fingerprint density at radius 3 is 2.32 bits per heavy atom. The summed E-state index contributed by atoms with van der Waals surface area (Å²) < 4.78 is 0.791. The fourth-order valence-corrected chi connectivity index (χ4v) is 4.30. The maximum atomic E-state index is 13.2. The lowest BCUT2D eigenvalue weighted by atomic mass is 10.1. The third-order valence-corrected chi connectivity index (χ3v) is 6.09. The molecule has 0 unspecified atom stereocenters. The topological polar surface area (TPSA) is 46.2 Å². The van der Waals surface area contributed by atoms with E-state index in [0.717, 1.165) is 4.70 Å². The van der Waals surface area contributed by atoms with Gasteiger partial charge >= 0.3 is 0 Å². The summed E-state index contributed by atoms with van der Waals surface area (Å²) in [6.07, 6.45) is 0. The van der Waals surface area contributed by atoms with Crippen molar-refractivity contribution in [2.75, 3.05) is 5.32 Å². The fraction of sp³-hybridized carbons (Fsp3) is 0. The second kappa shape index (κ2) is 7.76. The van der Waals surface area contributed by atoms with Crippen molar-refractivity contribution >= 4 is 55.5 Å². The average Bonchev–Trinajstić information content (AvgIpc) is 2.71. The Morgan fingerprint density at radius 2 is 1.57 bits per heavy atom. The number of benzene rings is 3. The van der Waals surface area contributed by atoms with Crippen LogP contribution in [0.4, 0.5) is 5.00 Å². The number of halogens is 2. The predicted molar refractivity (Wildman–Crippen MR) is 118 cm³/mol. The van der Waals surface area contributed by atoms with Crippen molar-refractivity contribution < 1.29 is 4.79 Å². The van der Waals surface area contributed by atoms with Crippen molar-refractivity contribution in [3.63, 3.8) is 0 Å². The van der Waals surface area contributed by atoms with Crippen molar-refractivity contribution in [2.24, 2.45) is 0 Å². The minimum absolute atomic E-state index is 0.170. The van der Waals surface area contributed by atoms with E-state index in [2.05, 4.69) is 5.32 Å². The molecular formula is C22H13Cl2NO2S. The Balaban J connectivity index is 1.92. The average molecular weight is 426 g/mol. The van der Waals surface area contributed by atoms with Gasteiger partial charge in [0, 0.05) is 15.6 Å². The molecule has 3 aromatic carbocycles. The predicted octanol–water partition coefficient (Wildman–Crippen LogP) is 6.49. The summed E-state index contributed by atoms with van der Waals surface area (Å²) in [4.78, 5) is 26.0. The van der Waals surface area contributed by atoms with Crippen LogP contribution in [0.5, 0.6) is 0 Å². The van der Waals surface area contributed by atoms with Gasteiger partial charge in [-0.2, -0.15) is 0 Å².